The molecule has 1 heterocycles. The van der Waals surface area contributed by atoms with Gasteiger partial charge in [-0.15, -0.1) is 0 Å². The summed E-state index contributed by atoms with van der Waals surface area (Å²) in [6.45, 7) is 3.47. The Labute approximate surface area is 122 Å². The number of nitrogens with zero attached hydrogens (tertiary/aromatic N) is 3. The van der Waals surface area contributed by atoms with E-state index in [2.05, 4.69) is 15.5 Å². The summed E-state index contributed by atoms with van der Waals surface area (Å²) in [7, 11) is 0. The number of carbonyl (C=O) groups excluding carboxylic acids is 1. The van der Waals surface area contributed by atoms with Crippen molar-refractivity contribution >= 4 is 11.6 Å². The van der Waals surface area contributed by atoms with Gasteiger partial charge in [-0.05, 0) is 32.0 Å². The number of hydrogen-bond donors (Lipinski definition) is 1. The van der Waals surface area contributed by atoms with Gasteiger partial charge in [0.15, 0.2) is 6.61 Å². The van der Waals surface area contributed by atoms with Crippen molar-refractivity contribution in [3.8, 4) is 11.8 Å². The third kappa shape index (κ3) is 3.76. The predicted octanol–water partition coefficient (Wildman–Crippen LogP) is 2.25. The van der Waals surface area contributed by atoms with Crippen molar-refractivity contribution in [3.63, 3.8) is 0 Å². The summed E-state index contributed by atoms with van der Waals surface area (Å²) in [5.41, 5.74) is 2.31. The molecule has 21 heavy (non-hydrogen) atoms. The molecule has 0 radical (unpaired) electrons. The van der Waals surface area contributed by atoms with E-state index >= 15 is 0 Å². The van der Waals surface area contributed by atoms with Gasteiger partial charge in [-0.25, -0.2) is 0 Å². The van der Waals surface area contributed by atoms with Gasteiger partial charge >= 0.3 is 0 Å². The molecule has 1 N–H and O–H groups in total. The second-order valence-corrected chi connectivity index (χ2v) is 4.41. The third-order valence-electron chi connectivity index (χ3n) is 2.74. The molecule has 106 valence electrons. The maximum absolute atomic E-state index is 12.2. The fourth-order valence-corrected chi connectivity index (χ4v) is 1.76. The Morgan fingerprint density at radius 2 is 2.14 bits per heavy atom. The number of aromatic nitrogens is 2. The fourth-order valence-electron chi connectivity index (χ4n) is 1.76. The summed E-state index contributed by atoms with van der Waals surface area (Å²) in [5, 5.41) is 19.1. The number of nitriles is 1. The van der Waals surface area contributed by atoms with E-state index in [1.54, 1.807) is 44.2 Å². The van der Waals surface area contributed by atoms with Crippen LogP contribution < -0.4 is 10.1 Å². The molecule has 0 fully saturated rings. The smallest absolute Gasteiger partial charge is 0.257 e. The molecule has 0 unspecified atom stereocenters. The Morgan fingerprint density at radius 1 is 1.33 bits per heavy atom. The number of ether oxygens (including phenoxy) is 1. The number of amides is 1. The summed E-state index contributed by atoms with van der Waals surface area (Å²) in [4.78, 5) is 12.2. The molecule has 0 aliphatic carbocycles. The topological polar surface area (TPSA) is 87.9 Å². The SMILES string of the molecule is Cc1cc(C(=O)Nc2cccc(OCC#N)c2)c(C)nn1. The predicted molar refractivity (Wildman–Crippen MR) is 77.0 cm³/mol. The zero-order chi connectivity index (χ0) is 15.2. The molecule has 0 aliphatic heterocycles. The highest BCUT2D eigenvalue weighted by Gasteiger charge is 2.11. The summed E-state index contributed by atoms with van der Waals surface area (Å²) < 4.78 is 5.19. The first-order valence-corrected chi connectivity index (χ1v) is 6.32. The first kappa shape index (κ1) is 14.5. The van der Waals surface area contributed by atoms with Crippen LogP contribution in [-0.4, -0.2) is 22.7 Å². The lowest BCUT2D eigenvalue weighted by atomic mass is 10.2. The number of hydrogen-bond acceptors (Lipinski definition) is 5. The van der Waals surface area contributed by atoms with Crippen LogP contribution in [0.1, 0.15) is 21.7 Å². The highest BCUT2D eigenvalue weighted by molar-refractivity contribution is 6.05. The first-order chi connectivity index (χ1) is 10.1. The Balaban J connectivity index is 2.16. The van der Waals surface area contributed by atoms with E-state index in [9.17, 15) is 4.79 Å². The van der Waals surface area contributed by atoms with Gasteiger partial charge in [-0.3, -0.25) is 4.79 Å². The summed E-state index contributed by atoms with van der Waals surface area (Å²) in [6, 6.07) is 10.4. The van der Waals surface area contributed by atoms with Crippen LogP contribution in [0.25, 0.3) is 0 Å². The molecule has 1 amide bonds. The van der Waals surface area contributed by atoms with Gasteiger partial charge < -0.3 is 10.1 Å². The van der Waals surface area contributed by atoms with Crippen molar-refractivity contribution in [2.75, 3.05) is 11.9 Å². The molecule has 2 aromatic rings. The number of carbonyl (C=O) groups is 1. The van der Waals surface area contributed by atoms with Crippen molar-refractivity contribution in [2.45, 2.75) is 13.8 Å². The molecular weight excluding hydrogens is 268 g/mol. The average Bonchev–Trinajstić information content (AvgIpc) is 2.48. The third-order valence-corrected chi connectivity index (χ3v) is 2.74. The quantitative estimate of drug-likeness (QED) is 0.929. The van der Waals surface area contributed by atoms with Crippen LogP contribution in [0.4, 0.5) is 5.69 Å². The second-order valence-electron chi connectivity index (χ2n) is 4.41. The summed E-state index contributed by atoms with van der Waals surface area (Å²) in [6.07, 6.45) is 0. The zero-order valence-electron chi connectivity index (χ0n) is 11.8. The molecule has 0 atom stereocenters. The second kappa shape index (κ2) is 6.48. The Kier molecular flexibility index (Phi) is 4.46. The molecule has 0 saturated heterocycles. The average molecular weight is 282 g/mol. The summed E-state index contributed by atoms with van der Waals surface area (Å²) >= 11 is 0. The van der Waals surface area contributed by atoms with Crippen LogP contribution in [0.5, 0.6) is 5.75 Å². The van der Waals surface area contributed by atoms with Gasteiger partial charge in [0, 0.05) is 11.8 Å². The van der Waals surface area contributed by atoms with Crippen molar-refractivity contribution in [1.29, 1.82) is 5.26 Å². The Hall–Kier alpha value is -2.94. The number of benzene rings is 1. The minimum atomic E-state index is -0.261. The molecule has 6 heteroatoms. The molecular formula is C15H14N4O2. The van der Waals surface area contributed by atoms with Crippen molar-refractivity contribution in [1.82, 2.24) is 10.2 Å². The van der Waals surface area contributed by atoms with E-state index in [1.807, 2.05) is 6.07 Å². The molecule has 0 saturated carbocycles. The van der Waals surface area contributed by atoms with Crippen LogP contribution in [0.2, 0.25) is 0 Å². The zero-order valence-corrected chi connectivity index (χ0v) is 11.8. The number of anilines is 1. The fraction of sp³-hybridized carbons (Fsp3) is 0.200. The van der Waals surface area contributed by atoms with E-state index in [0.29, 0.717) is 28.4 Å². The van der Waals surface area contributed by atoms with Gasteiger partial charge in [0.05, 0.1) is 17.0 Å². The minimum Gasteiger partial charge on any atom is -0.479 e. The van der Waals surface area contributed by atoms with Crippen LogP contribution in [-0.2, 0) is 0 Å². The highest BCUT2D eigenvalue weighted by Crippen LogP contribution is 2.18. The van der Waals surface area contributed by atoms with Crippen LogP contribution in [0, 0.1) is 25.2 Å². The van der Waals surface area contributed by atoms with Crippen molar-refractivity contribution in [2.24, 2.45) is 0 Å². The van der Waals surface area contributed by atoms with Crippen LogP contribution >= 0.6 is 0 Å². The van der Waals surface area contributed by atoms with Crippen molar-refractivity contribution < 1.29 is 9.53 Å². The Bertz CT molecular complexity index is 707. The molecule has 0 spiro atoms. The molecule has 0 bridgehead atoms. The van der Waals surface area contributed by atoms with Gasteiger partial charge in [0.2, 0.25) is 0 Å². The van der Waals surface area contributed by atoms with Crippen LogP contribution in [0.3, 0.4) is 0 Å². The number of rotatable bonds is 4. The number of nitrogens with one attached hydrogen (secondary N) is 1. The normalized spacial score (nSPS) is 9.76. The van der Waals surface area contributed by atoms with Crippen LogP contribution in [0.15, 0.2) is 30.3 Å². The van der Waals surface area contributed by atoms with E-state index in [1.165, 1.54) is 0 Å². The van der Waals surface area contributed by atoms with Crippen molar-refractivity contribution in [3.05, 3.63) is 47.3 Å². The highest BCUT2D eigenvalue weighted by atomic mass is 16.5. The lowest BCUT2D eigenvalue weighted by Gasteiger charge is -2.09. The number of aryl methyl sites for hydroxylation is 2. The molecule has 0 aliphatic rings. The maximum atomic E-state index is 12.2. The molecule has 1 aromatic carbocycles. The lowest BCUT2D eigenvalue weighted by Crippen LogP contribution is -2.15. The van der Waals surface area contributed by atoms with Gasteiger partial charge in [-0.2, -0.15) is 15.5 Å². The van der Waals surface area contributed by atoms with E-state index < -0.39 is 0 Å². The largest absolute Gasteiger partial charge is 0.479 e. The van der Waals surface area contributed by atoms with E-state index in [-0.39, 0.29) is 12.5 Å². The van der Waals surface area contributed by atoms with E-state index in [4.69, 9.17) is 10.00 Å². The maximum Gasteiger partial charge on any atom is 0.257 e. The van der Waals surface area contributed by atoms with E-state index in [0.717, 1.165) is 0 Å². The molecule has 6 nitrogen and oxygen atoms in total. The van der Waals surface area contributed by atoms with Gasteiger partial charge in [0.25, 0.3) is 5.91 Å². The Morgan fingerprint density at radius 3 is 2.90 bits per heavy atom. The standard InChI is InChI=1S/C15H14N4O2/c1-10-8-14(11(2)19-18-10)15(20)17-12-4-3-5-13(9-12)21-7-6-16/h3-5,8-9H,7H2,1-2H3,(H,17,20). The van der Waals surface area contributed by atoms with Gasteiger partial charge in [-0.1, -0.05) is 6.07 Å². The molecule has 1 aromatic heterocycles. The van der Waals surface area contributed by atoms with Gasteiger partial charge in [0.1, 0.15) is 11.8 Å². The first-order valence-electron chi connectivity index (χ1n) is 6.32. The lowest BCUT2D eigenvalue weighted by molar-refractivity contribution is 0.102. The summed E-state index contributed by atoms with van der Waals surface area (Å²) in [5.74, 6) is 0.262. The monoisotopic (exact) mass is 282 g/mol. The minimum absolute atomic E-state index is 0.0377. The molecule has 2 rings (SSSR count).